The molecule has 0 spiro atoms. The number of carbonyl (C=O) groups excluding carboxylic acids is 1. The van der Waals surface area contributed by atoms with Gasteiger partial charge < -0.3 is 19.9 Å². The number of nitrogens with one attached hydrogen (secondary N) is 2. The Bertz CT molecular complexity index is 1200. The van der Waals surface area contributed by atoms with E-state index in [9.17, 15) is 22.4 Å². The van der Waals surface area contributed by atoms with Crippen molar-refractivity contribution in [2.45, 2.75) is 6.18 Å². The third kappa shape index (κ3) is 4.52. The second-order valence-corrected chi connectivity index (χ2v) is 8.98. The molecule has 5 nitrogen and oxygen atoms in total. The Hall–Kier alpha value is -2.78. The first-order valence-electron chi connectivity index (χ1n) is 10.5. The van der Waals surface area contributed by atoms with E-state index in [1.54, 1.807) is 36.5 Å². The van der Waals surface area contributed by atoms with Gasteiger partial charge in [0.05, 0.1) is 18.0 Å². The van der Waals surface area contributed by atoms with Gasteiger partial charge in [-0.25, -0.2) is 4.39 Å². The highest BCUT2D eigenvalue weighted by Crippen LogP contribution is 2.53. The molecule has 1 aliphatic carbocycles. The number of hydrogen-bond acceptors (Lipinski definition) is 3. The number of ether oxygens (including phenoxy) is 1. The van der Waals surface area contributed by atoms with Crippen LogP contribution >= 0.6 is 11.6 Å². The van der Waals surface area contributed by atoms with E-state index in [1.807, 2.05) is 4.90 Å². The Morgan fingerprint density at radius 1 is 1.18 bits per heavy atom. The van der Waals surface area contributed by atoms with Crippen LogP contribution in [0.4, 0.5) is 28.9 Å². The van der Waals surface area contributed by atoms with Crippen LogP contribution in [0.5, 0.6) is 0 Å². The predicted octanol–water partition coefficient (Wildman–Crippen LogP) is 5.47. The Kier molecular flexibility index (Phi) is 5.49. The summed E-state index contributed by atoms with van der Waals surface area (Å²) >= 11 is 6.03. The molecule has 1 saturated carbocycles. The van der Waals surface area contributed by atoms with Crippen molar-refractivity contribution in [2.24, 2.45) is 17.8 Å². The lowest BCUT2D eigenvalue weighted by Crippen LogP contribution is -2.27. The lowest BCUT2D eigenvalue weighted by Gasteiger charge is -2.23. The monoisotopic (exact) mass is 481 g/mol. The molecule has 0 radical (unpaired) electrons. The molecule has 1 amide bonds. The lowest BCUT2D eigenvalue weighted by atomic mass is 10.1. The van der Waals surface area contributed by atoms with Crippen LogP contribution in [0.15, 0.2) is 42.6 Å². The molecule has 1 aliphatic heterocycles. The molecule has 2 aliphatic rings. The summed E-state index contributed by atoms with van der Waals surface area (Å²) < 4.78 is 56.2. The first-order chi connectivity index (χ1) is 15.7. The van der Waals surface area contributed by atoms with E-state index in [0.29, 0.717) is 29.5 Å². The number of rotatable bonds is 6. The zero-order valence-corrected chi connectivity index (χ0v) is 18.0. The van der Waals surface area contributed by atoms with Crippen molar-refractivity contribution in [3.63, 3.8) is 0 Å². The second-order valence-electron chi connectivity index (χ2n) is 8.54. The van der Waals surface area contributed by atoms with Crippen LogP contribution in [-0.2, 0) is 4.74 Å². The molecule has 2 fully saturated rings. The Balaban J connectivity index is 1.20. The summed E-state index contributed by atoms with van der Waals surface area (Å²) in [6.07, 6.45) is -2.68. The minimum Gasteiger partial charge on any atom is -0.372 e. The quantitative estimate of drug-likeness (QED) is 0.459. The van der Waals surface area contributed by atoms with Gasteiger partial charge in [0.1, 0.15) is 12.4 Å². The predicted molar refractivity (Wildman–Crippen MR) is 117 cm³/mol. The van der Waals surface area contributed by atoms with Crippen molar-refractivity contribution in [3.8, 4) is 0 Å². The highest BCUT2D eigenvalue weighted by atomic mass is 35.5. The van der Waals surface area contributed by atoms with Gasteiger partial charge in [0.15, 0.2) is 0 Å². The number of H-pyrrole nitrogens is 1. The van der Waals surface area contributed by atoms with E-state index in [0.717, 1.165) is 10.9 Å². The average Bonchev–Trinajstić information content (AvgIpc) is 3.08. The van der Waals surface area contributed by atoms with E-state index in [2.05, 4.69) is 10.3 Å². The summed E-state index contributed by atoms with van der Waals surface area (Å²) in [6.45, 7) is -0.0493. The fourth-order valence-corrected chi connectivity index (χ4v) is 4.87. The number of benzene rings is 2. The van der Waals surface area contributed by atoms with Gasteiger partial charge in [0.25, 0.3) is 5.91 Å². The summed E-state index contributed by atoms with van der Waals surface area (Å²) in [6, 6.07) is 9.59. The first kappa shape index (κ1) is 22.0. The van der Waals surface area contributed by atoms with Gasteiger partial charge in [-0.05, 0) is 54.2 Å². The highest BCUT2D eigenvalue weighted by molar-refractivity contribution is 6.31. The highest BCUT2D eigenvalue weighted by Gasteiger charge is 2.56. The number of aromatic nitrogens is 1. The zero-order chi connectivity index (χ0) is 23.3. The number of aromatic amines is 1. The number of fused-ring (bicyclic) bond motifs is 2. The first-order valence-corrected chi connectivity index (χ1v) is 10.8. The van der Waals surface area contributed by atoms with Crippen molar-refractivity contribution in [2.75, 3.05) is 36.5 Å². The van der Waals surface area contributed by atoms with Crippen LogP contribution < -0.4 is 10.2 Å². The van der Waals surface area contributed by atoms with E-state index in [4.69, 9.17) is 16.3 Å². The summed E-state index contributed by atoms with van der Waals surface area (Å²) in [4.78, 5) is 17.6. The standard InChI is InChI=1S/C23H20ClF4N3O2/c24-13-2-3-19-14(6-13)20(7-29-19)30-22(32)12-1-4-21(18(25)5-12)31-8-15-16(9-31)17(15)10-33-11-23(26,27)28/h1-7,15-17,29H,8-11H2,(H,30,32). The minimum atomic E-state index is -4.32. The van der Waals surface area contributed by atoms with Crippen LogP contribution in [0, 0.1) is 23.6 Å². The molecule has 1 saturated heterocycles. The molecule has 2 atom stereocenters. The van der Waals surface area contributed by atoms with Gasteiger partial charge in [-0.2, -0.15) is 13.2 Å². The van der Waals surface area contributed by atoms with E-state index in [1.165, 1.54) is 6.07 Å². The van der Waals surface area contributed by atoms with Crippen molar-refractivity contribution >= 4 is 39.8 Å². The minimum absolute atomic E-state index is 0.0727. The molecule has 10 heteroatoms. The van der Waals surface area contributed by atoms with Crippen LogP contribution in [0.3, 0.4) is 0 Å². The number of carbonyl (C=O) groups is 1. The van der Waals surface area contributed by atoms with Gasteiger partial charge >= 0.3 is 6.18 Å². The molecule has 1 aromatic heterocycles. The molecule has 33 heavy (non-hydrogen) atoms. The van der Waals surface area contributed by atoms with Crippen LogP contribution in [0.25, 0.3) is 10.9 Å². The molecule has 2 unspecified atom stereocenters. The molecule has 2 aromatic carbocycles. The maximum atomic E-state index is 14.8. The van der Waals surface area contributed by atoms with Crippen molar-refractivity contribution < 1.29 is 27.1 Å². The van der Waals surface area contributed by atoms with Gasteiger partial charge in [0, 0.05) is 40.8 Å². The molecule has 3 aromatic rings. The van der Waals surface area contributed by atoms with Crippen LogP contribution in [-0.4, -0.2) is 43.4 Å². The fourth-order valence-electron chi connectivity index (χ4n) is 4.70. The van der Waals surface area contributed by atoms with Gasteiger partial charge in [-0.3, -0.25) is 4.79 Å². The number of nitrogens with zero attached hydrogens (tertiary/aromatic N) is 1. The van der Waals surface area contributed by atoms with E-state index < -0.39 is 24.5 Å². The summed E-state index contributed by atoms with van der Waals surface area (Å²) in [7, 11) is 0. The van der Waals surface area contributed by atoms with E-state index in [-0.39, 0.29) is 29.9 Å². The Morgan fingerprint density at radius 3 is 2.64 bits per heavy atom. The third-order valence-electron chi connectivity index (χ3n) is 6.39. The van der Waals surface area contributed by atoms with E-state index >= 15 is 0 Å². The molecule has 5 rings (SSSR count). The van der Waals surface area contributed by atoms with Crippen molar-refractivity contribution in [3.05, 3.63) is 59.0 Å². The van der Waals surface area contributed by atoms with Crippen molar-refractivity contribution in [1.82, 2.24) is 4.98 Å². The number of halogens is 5. The third-order valence-corrected chi connectivity index (χ3v) is 6.63. The molecule has 2 N–H and O–H groups in total. The summed E-state index contributed by atoms with van der Waals surface area (Å²) in [5.41, 5.74) is 1.91. The molecular formula is C23H20ClF4N3O2. The number of anilines is 2. The summed E-state index contributed by atoms with van der Waals surface area (Å²) in [5.74, 6) is -0.478. The smallest absolute Gasteiger partial charge is 0.372 e. The number of hydrogen-bond donors (Lipinski definition) is 2. The molecular weight excluding hydrogens is 462 g/mol. The topological polar surface area (TPSA) is 57.4 Å². The second kappa shape index (κ2) is 8.22. The molecule has 174 valence electrons. The van der Waals surface area contributed by atoms with Crippen LogP contribution in [0.1, 0.15) is 10.4 Å². The average molecular weight is 482 g/mol. The normalized spacial score (nSPS) is 22.0. The zero-order valence-electron chi connectivity index (χ0n) is 17.3. The largest absolute Gasteiger partial charge is 0.411 e. The fraction of sp³-hybridized carbons (Fsp3) is 0.348. The SMILES string of the molecule is O=C(Nc1c[nH]c2ccc(Cl)cc12)c1ccc(N2CC3C(COCC(F)(F)F)C3C2)c(F)c1. The van der Waals surface area contributed by atoms with Crippen LogP contribution in [0.2, 0.25) is 5.02 Å². The van der Waals surface area contributed by atoms with Gasteiger partial charge in [-0.1, -0.05) is 11.6 Å². The van der Waals surface area contributed by atoms with Crippen molar-refractivity contribution in [1.29, 1.82) is 0 Å². The number of amides is 1. The Labute approximate surface area is 191 Å². The molecule has 2 heterocycles. The molecule has 0 bridgehead atoms. The number of alkyl halides is 3. The number of piperidine rings is 1. The lowest BCUT2D eigenvalue weighted by molar-refractivity contribution is -0.175. The summed E-state index contributed by atoms with van der Waals surface area (Å²) in [5, 5.41) is 4.05. The van der Waals surface area contributed by atoms with Gasteiger partial charge in [-0.15, -0.1) is 0 Å². The Morgan fingerprint density at radius 2 is 1.94 bits per heavy atom. The van der Waals surface area contributed by atoms with Gasteiger partial charge in [0.2, 0.25) is 0 Å². The maximum absolute atomic E-state index is 14.8. The maximum Gasteiger partial charge on any atom is 0.411 e.